The van der Waals surface area contributed by atoms with Gasteiger partial charge in [-0.25, -0.2) is 0 Å². The summed E-state index contributed by atoms with van der Waals surface area (Å²) in [4.78, 5) is 35.9. The average molecular weight is 347 g/mol. The number of carboxylic acids is 3. The molecule has 0 aliphatic carbocycles. The predicted octanol–water partition coefficient (Wildman–Crippen LogP) is -0.329. The van der Waals surface area contributed by atoms with Gasteiger partial charge in [0.1, 0.15) is 11.1 Å². The normalized spacial score (nSPS) is 20.1. The number of rotatable bonds is 8. The summed E-state index contributed by atoms with van der Waals surface area (Å²) in [5, 5.41) is 29.1. The Kier molecular flexibility index (Phi) is 5.85. The third-order valence-corrected chi connectivity index (χ3v) is 5.54. The van der Waals surface area contributed by atoms with Gasteiger partial charge in [0.2, 0.25) is 0 Å². The molecule has 9 nitrogen and oxygen atoms in total. The molecule has 0 saturated heterocycles. The van der Waals surface area contributed by atoms with E-state index in [0.717, 1.165) is 0 Å². The van der Waals surface area contributed by atoms with Gasteiger partial charge in [-0.3, -0.25) is 14.4 Å². The van der Waals surface area contributed by atoms with Gasteiger partial charge >= 0.3 is 17.9 Å². The van der Waals surface area contributed by atoms with E-state index < -0.39 is 51.8 Å². The van der Waals surface area contributed by atoms with Gasteiger partial charge in [0.05, 0.1) is 0 Å². The molecule has 0 bridgehead atoms. The van der Waals surface area contributed by atoms with Crippen LogP contribution in [-0.2, 0) is 14.4 Å². The van der Waals surface area contributed by atoms with Crippen LogP contribution in [0.2, 0.25) is 0 Å². The molecule has 0 aromatic carbocycles. The number of hydrogen-bond donors (Lipinski definition) is 6. The fraction of sp³-hybridized carbons (Fsp3) is 0.800. The van der Waals surface area contributed by atoms with E-state index in [2.05, 4.69) is 0 Å². The highest BCUT2D eigenvalue weighted by Crippen LogP contribution is 2.48. The predicted molar refractivity (Wildman–Crippen MR) is 87.1 cm³/mol. The zero-order valence-corrected chi connectivity index (χ0v) is 15.0. The van der Waals surface area contributed by atoms with Gasteiger partial charge in [0.25, 0.3) is 0 Å². The summed E-state index contributed by atoms with van der Waals surface area (Å²) in [5.41, 5.74) is 8.99. The molecular formula is C15H29N3O6. The standard InChI is InChI=1S/C15H29N3O6/c1-7(2)13(16,9(19)20)12(5,6)15(18,11(23)24)14(17,8(3)4)10(21)22/h7-8H,16-18H2,1-6H3,(H,19,20)(H,21,22)(H,23,24). The summed E-state index contributed by atoms with van der Waals surface area (Å²) in [5.74, 6) is -6.54. The number of nitrogens with two attached hydrogens (primary N) is 3. The van der Waals surface area contributed by atoms with Gasteiger partial charge in [-0.15, -0.1) is 0 Å². The van der Waals surface area contributed by atoms with Crippen molar-refractivity contribution in [1.29, 1.82) is 0 Å². The van der Waals surface area contributed by atoms with Gasteiger partial charge < -0.3 is 32.5 Å². The Morgan fingerprint density at radius 2 is 1.00 bits per heavy atom. The molecule has 0 aliphatic rings. The lowest BCUT2D eigenvalue weighted by molar-refractivity contribution is -0.177. The van der Waals surface area contributed by atoms with Crippen LogP contribution in [0, 0.1) is 17.3 Å². The number of hydrogen-bond acceptors (Lipinski definition) is 6. The lowest BCUT2D eigenvalue weighted by atomic mass is 9.50. The monoisotopic (exact) mass is 347 g/mol. The van der Waals surface area contributed by atoms with Crippen molar-refractivity contribution in [2.24, 2.45) is 34.5 Å². The molecule has 3 unspecified atom stereocenters. The maximum atomic E-state index is 12.1. The lowest BCUT2D eigenvalue weighted by Crippen LogP contribution is -2.86. The third kappa shape index (κ3) is 2.47. The summed E-state index contributed by atoms with van der Waals surface area (Å²) >= 11 is 0. The van der Waals surface area contributed by atoms with Gasteiger partial charge in [-0.2, -0.15) is 0 Å². The molecule has 24 heavy (non-hydrogen) atoms. The average Bonchev–Trinajstić information content (AvgIpc) is 2.42. The maximum absolute atomic E-state index is 12.1. The SMILES string of the molecule is CC(C)C(N)(C(=O)O)C(C)(C)C(N)(C(=O)O)C(N)(C(=O)O)C(C)C. The molecule has 0 heterocycles. The summed E-state index contributed by atoms with van der Waals surface area (Å²) in [6.45, 7) is 8.25. The second-order valence-corrected chi connectivity index (χ2v) is 7.40. The number of aliphatic carboxylic acids is 3. The Hall–Kier alpha value is -1.71. The van der Waals surface area contributed by atoms with Crippen molar-refractivity contribution in [2.75, 3.05) is 0 Å². The highest BCUT2D eigenvalue weighted by atomic mass is 16.4. The molecule has 3 atom stereocenters. The van der Waals surface area contributed by atoms with E-state index in [1.807, 2.05) is 0 Å². The molecule has 9 heteroatoms. The first kappa shape index (κ1) is 22.3. The van der Waals surface area contributed by atoms with Gasteiger partial charge in [0, 0.05) is 5.41 Å². The van der Waals surface area contributed by atoms with Crippen LogP contribution < -0.4 is 17.2 Å². The van der Waals surface area contributed by atoms with E-state index >= 15 is 0 Å². The quantitative estimate of drug-likeness (QED) is 0.341. The molecule has 0 aromatic rings. The summed E-state index contributed by atoms with van der Waals surface area (Å²) in [6.07, 6.45) is 0. The fourth-order valence-corrected chi connectivity index (χ4v) is 3.39. The van der Waals surface area contributed by atoms with Gasteiger partial charge in [-0.1, -0.05) is 41.5 Å². The molecule has 0 aliphatic heterocycles. The first-order valence-electron chi connectivity index (χ1n) is 7.54. The molecular weight excluding hydrogens is 318 g/mol. The van der Waals surface area contributed by atoms with Gasteiger partial charge in [-0.05, 0) is 11.8 Å². The second kappa shape index (κ2) is 6.30. The molecule has 140 valence electrons. The fourth-order valence-electron chi connectivity index (χ4n) is 3.39. The van der Waals surface area contributed by atoms with Crippen molar-refractivity contribution in [2.45, 2.75) is 58.2 Å². The maximum Gasteiger partial charge on any atom is 0.326 e. The number of carboxylic acid groups (broad SMARTS) is 3. The van der Waals surface area contributed by atoms with Crippen LogP contribution in [0.1, 0.15) is 41.5 Å². The summed E-state index contributed by atoms with van der Waals surface area (Å²) < 4.78 is 0. The Morgan fingerprint density at radius 1 is 0.708 bits per heavy atom. The van der Waals surface area contributed by atoms with Crippen molar-refractivity contribution >= 4 is 17.9 Å². The van der Waals surface area contributed by atoms with Crippen LogP contribution in [0.25, 0.3) is 0 Å². The van der Waals surface area contributed by atoms with Crippen LogP contribution in [-0.4, -0.2) is 49.8 Å². The van der Waals surface area contributed by atoms with Crippen LogP contribution in [0.5, 0.6) is 0 Å². The van der Waals surface area contributed by atoms with Crippen molar-refractivity contribution in [3.63, 3.8) is 0 Å². The van der Waals surface area contributed by atoms with E-state index in [0.29, 0.717) is 0 Å². The lowest BCUT2D eigenvalue weighted by Gasteiger charge is -2.57. The van der Waals surface area contributed by atoms with E-state index in [1.165, 1.54) is 41.5 Å². The Bertz CT molecular complexity index is 547. The highest BCUT2D eigenvalue weighted by molar-refractivity contribution is 5.95. The van der Waals surface area contributed by atoms with E-state index in [4.69, 9.17) is 17.2 Å². The second-order valence-electron chi connectivity index (χ2n) is 7.40. The molecule has 0 rings (SSSR count). The zero-order valence-electron chi connectivity index (χ0n) is 15.0. The molecule has 0 saturated carbocycles. The Balaban J connectivity index is 7.01. The molecule has 0 spiro atoms. The van der Waals surface area contributed by atoms with Crippen LogP contribution >= 0.6 is 0 Å². The molecule has 9 N–H and O–H groups in total. The smallest absolute Gasteiger partial charge is 0.326 e. The minimum absolute atomic E-state index is 0.752. The minimum Gasteiger partial charge on any atom is -0.480 e. The first-order valence-corrected chi connectivity index (χ1v) is 7.54. The van der Waals surface area contributed by atoms with E-state index in [-0.39, 0.29) is 0 Å². The van der Waals surface area contributed by atoms with E-state index in [9.17, 15) is 29.7 Å². The van der Waals surface area contributed by atoms with Crippen molar-refractivity contribution < 1.29 is 29.7 Å². The molecule has 0 radical (unpaired) electrons. The molecule has 0 aromatic heterocycles. The third-order valence-electron chi connectivity index (χ3n) is 5.54. The minimum atomic E-state index is -2.67. The summed E-state index contributed by atoms with van der Waals surface area (Å²) in [7, 11) is 0. The topological polar surface area (TPSA) is 190 Å². The van der Waals surface area contributed by atoms with Crippen molar-refractivity contribution in [3.8, 4) is 0 Å². The zero-order chi connectivity index (χ0) is 19.9. The van der Waals surface area contributed by atoms with Crippen LogP contribution in [0.4, 0.5) is 0 Å². The van der Waals surface area contributed by atoms with E-state index in [1.54, 1.807) is 0 Å². The molecule has 0 fully saturated rings. The Morgan fingerprint density at radius 3 is 1.17 bits per heavy atom. The van der Waals surface area contributed by atoms with Crippen LogP contribution in [0.15, 0.2) is 0 Å². The summed E-state index contributed by atoms with van der Waals surface area (Å²) in [6, 6.07) is 0. The number of carbonyl (C=O) groups is 3. The molecule has 0 amide bonds. The Labute approximate surface area is 141 Å². The van der Waals surface area contributed by atoms with Crippen molar-refractivity contribution in [3.05, 3.63) is 0 Å². The first-order chi connectivity index (χ1) is 10.5. The largest absolute Gasteiger partial charge is 0.480 e. The van der Waals surface area contributed by atoms with Crippen molar-refractivity contribution in [1.82, 2.24) is 0 Å². The van der Waals surface area contributed by atoms with Gasteiger partial charge in [0.15, 0.2) is 5.54 Å². The highest BCUT2D eigenvalue weighted by Gasteiger charge is 2.72. The van der Waals surface area contributed by atoms with Crippen LogP contribution in [0.3, 0.4) is 0 Å².